The van der Waals surface area contributed by atoms with Crippen molar-refractivity contribution in [1.82, 2.24) is 0 Å². The van der Waals surface area contributed by atoms with E-state index in [4.69, 9.17) is 9.47 Å². The molecule has 2 aliphatic heterocycles. The third-order valence-corrected chi connectivity index (χ3v) is 4.45. The lowest BCUT2D eigenvalue weighted by molar-refractivity contribution is 0.0214. The van der Waals surface area contributed by atoms with Crippen LogP contribution in [0.3, 0.4) is 0 Å². The smallest absolute Gasteiger partial charge is 0.199 e. The number of hydrogen-bond acceptors (Lipinski definition) is 5. The van der Waals surface area contributed by atoms with Crippen LogP contribution in [-0.4, -0.2) is 27.7 Å². The van der Waals surface area contributed by atoms with Crippen molar-refractivity contribution in [3.63, 3.8) is 0 Å². The van der Waals surface area contributed by atoms with Gasteiger partial charge in [-0.15, -0.1) is 0 Å². The second-order valence-electron chi connectivity index (χ2n) is 6.86. The Morgan fingerprint density at radius 2 is 1.80 bits per heavy atom. The zero-order chi connectivity index (χ0) is 17.8. The maximum Gasteiger partial charge on any atom is 0.199 e. The third kappa shape index (κ3) is 2.66. The number of aliphatic hydroxyl groups is 1. The van der Waals surface area contributed by atoms with E-state index < -0.39 is 17.8 Å². The Bertz CT molecular complexity index is 880. The number of Topliss-reactive ketones (excluding diaryl/α,β-unsaturated/α-hetero) is 1. The van der Waals surface area contributed by atoms with E-state index in [2.05, 4.69) is 0 Å². The van der Waals surface area contributed by atoms with Crippen molar-refractivity contribution in [3.05, 3.63) is 59.2 Å². The highest BCUT2D eigenvalue weighted by atomic mass is 16.5. The van der Waals surface area contributed by atoms with Gasteiger partial charge < -0.3 is 19.7 Å². The van der Waals surface area contributed by atoms with E-state index in [0.29, 0.717) is 22.6 Å². The Kier molecular flexibility index (Phi) is 3.37. The van der Waals surface area contributed by atoms with Crippen LogP contribution in [0.1, 0.15) is 41.4 Å². The van der Waals surface area contributed by atoms with Crippen LogP contribution < -0.4 is 9.47 Å². The van der Waals surface area contributed by atoms with Crippen molar-refractivity contribution >= 4 is 11.9 Å². The molecule has 128 valence electrons. The largest absolute Gasteiger partial charge is 0.508 e. The monoisotopic (exact) mass is 338 g/mol. The van der Waals surface area contributed by atoms with E-state index >= 15 is 0 Å². The van der Waals surface area contributed by atoms with E-state index in [1.807, 2.05) is 26.0 Å². The predicted octanol–water partition coefficient (Wildman–Crippen LogP) is 3.25. The molecule has 0 saturated carbocycles. The number of aromatic hydroxyl groups is 1. The molecule has 2 atom stereocenters. The summed E-state index contributed by atoms with van der Waals surface area (Å²) in [5.74, 6) is 0.746. The molecule has 2 unspecified atom stereocenters. The molecule has 0 fully saturated rings. The summed E-state index contributed by atoms with van der Waals surface area (Å²) < 4.78 is 11.8. The number of phenolic OH excluding ortho intramolecular Hbond substituents is 1. The molecule has 0 amide bonds. The Hall–Kier alpha value is -2.79. The second-order valence-corrected chi connectivity index (χ2v) is 6.86. The molecule has 2 aromatic carbocycles. The Morgan fingerprint density at radius 1 is 1.08 bits per heavy atom. The normalized spacial score (nSPS) is 23.2. The maximum absolute atomic E-state index is 12.6. The number of ketones is 1. The summed E-state index contributed by atoms with van der Waals surface area (Å²) in [7, 11) is 0. The first-order chi connectivity index (χ1) is 11.8. The van der Waals surface area contributed by atoms with Gasteiger partial charge in [-0.3, -0.25) is 4.79 Å². The van der Waals surface area contributed by atoms with Gasteiger partial charge in [0.25, 0.3) is 0 Å². The van der Waals surface area contributed by atoms with E-state index in [9.17, 15) is 15.0 Å². The van der Waals surface area contributed by atoms with Crippen LogP contribution in [0.15, 0.2) is 42.5 Å². The van der Waals surface area contributed by atoms with Gasteiger partial charge in [-0.1, -0.05) is 18.2 Å². The van der Waals surface area contributed by atoms with Gasteiger partial charge >= 0.3 is 0 Å². The third-order valence-electron chi connectivity index (χ3n) is 4.45. The fourth-order valence-electron chi connectivity index (χ4n) is 3.11. The van der Waals surface area contributed by atoms with Crippen molar-refractivity contribution in [2.24, 2.45) is 0 Å². The number of carbonyl (C=O) groups is 1. The number of carbonyl (C=O) groups excluding carboxylic acids is 1. The van der Waals surface area contributed by atoms with Gasteiger partial charge in [-0.2, -0.15) is 0 Å². The van der Waals surface area contributed by atoms with Crippen molar-refractivity contribution in [3.8, 4) is 17.2 Å². The highest BCUT2D eigenvalue weighted by molar-refractivity contribution is 6.04. The summed E-state index contributed by atoms with van der Waals surface area (Å²) in [5, 5.41) is 19.8. The van der Waals surface area contributed by atoms with E-state index in [-0.39, 0.29) is 11.5 Å². The molecule has 5 nitrogen and oxygen atoms in total. The summed E-state index contributed by atoms with van der Waals surface area (Å²) in [6.45, 7) is 3.89. The average Bonchev–Trinajstić information content (AvgIpc) is 2.57. The summed E-state index contributed by atoms with van der Waals surface area (Å²) in [5.41, 5.74) is 1.30. The van der Waals surface area contributed by atoms with Gasteiger partial charge in [0.1, 0.15) is 22.8 Å². The Morgan fingerprint density at radius 3 is 2.52 bits per heavy atom. The van der Waals surface area contributed by atoms with Crippen LogP contribution in [-0.2, 0) is 0 Å². The van der Waals surface area contributed by atoms with Crippen molar-refractivity contribution in [2.45, 2.75) is 31.7 Å². The first-order valence-electron chi connectivity index (χ1n) is 8.08. The number of ether oxygens (including phenoxy) is 2. The van der Waals surface area contributed by atoms with Crippen LogP contribution in [0.2, 0.25) is 0 Å². The zero-order valence-electron chi connectivity index (χ0n) is 13.9. The quantitative estimate of drug-likeness (QED) is 0.835. The Labute approximate surface area is 145 Å². The highest BCUT2D eigenvalue weighted by Crippen LogP contribution is 2.41. The number of benzene rings is 2. The molecule has 0 aromatic heterocycles. The van der Waals surface area contributed by atoms with E-state index in [0.717, 1.165) is 5.56 Å². The van der Waals surface area contributed by atoms with Gasteiger partial charge in [0.2, 0.25) is 0 Å². The van der Waals surface area contributed by atoms with E-state index in [1.54, 1.807) is 24.3 Å². The summed E-state index contributed by atoms with van der Waals surface area (Å²) in [6.07, 6.45) is 1.70. The fourth-order valence-corrected chi connectivity index (χ4v) is 3.11. The van der Waals surface area contributed by atoms with Gasteiger partial charge in [0.15, 0.2) is 18.0 Å². The topological polar surface area (TPSA) is 76.0 Å². The lowest BCUT2D eigenvalue weighted by Crippen LogP contribution is -2.36. The molecule has 5 heteroatoms. The van der Waals surface area contributed by atoms with Crippen LogP contribution in [0.25, 0.3) is 6.08 Å². The molecule has 25 heavy (non-hydrogen) atoms. The molecule has 0 saturated heterocycles. The van der Waals surface area contributed by atoms with Crippen molar-refractivity contribution < 1.29 is 24.5 Å². The minimum atomic E-state index is -1.31. The molecule has 0 spiro atoms. The second kappa shape index (κ2) is 5.36. The summed E-state index contributed by atoms with van der Waals surface area (Å²) >= 11 is 0. The van der Waals surface area contributed by atoms with E-state index in [1.165, 1.54) is 12.1 Å². The molecular weight excluding hydrogens is 320 g/mol. The minimum absolute atomic E-state index is 0.109. The van der Waals surface area contributed by atoms with Crippen LogP contribution >= 0.6 is 0 Å². The minimum Gasteiger partial charge on any atom is -0.508 e. The number of rotatable bonds is 1. The molecular formula is C20H18O5. The lowest BCUT2D eigenvalue weighted by Gasteiger charge is -2.33. The zero-order valence-corrected chi connectivity index (χ0v) is 13.9. The SMILES string of the molecule is CC1(C)C=Cc2cc3c(cc2O1)OC(c1ccc(O)cc1)C(O)C3=O. The summed E-state index contributed by atoms with van der Waals surface area (Å²) in [4.78, 5) is 12.6. The highest BCUT2D eigenvalue weighted by Gasteiger charge is 2.38. The number of fused-ring (bicyclic) bond motifs is 2. The molecule has 0 aliphatic carbocycles. The first kappa shape index (κ1) is 15.7. The lowest BCUT2D eigenvalue weighted by atomic mass is 9.91. The van der Waals surface area contributed by atoms with Gasteiger partial charge in [-0.05, 0) is 43.7 Å². The van der Waals surface area contributed by atoms with Crippen molar-refractivity contribution in [1.29, 1.82) is 0 Å². The molecule has 2 N–H and O–H groups in total. The molecule has 2 heterocycles. The molecule has 2 aliphatic rings. The Balaban J connectivity index is 1.76. The predicted molar refractivity (Wildman–Crippen MR) is 92.0 cm³/mol. The molecule has 0 radical (unpaired) electrons. The van der Waals surface area contributed by atoms with Crippen LogP contribution in [0, 0.1) is 0 Å². The average molecular weight is 338 g/mol. The number of aliphatic hydroxyl groups excluding tert-OH is 1. The summed E-state index contributed by atoms with van der Waals surface area (Å²) in [6, 6.07) is 9.63. The van der Waals surface area contributed by atoms with Crippen LogP contribution in [0.5, 0.6) is 17.2 Å². The number of phenols is 1. The van der Waals surface area contributed by atoms with Crippen molar-refractivity contribution in [2.75, 3.05) is 0 Å². The standard InChI is InChI=1S/C20H18O5/c1-20(2)8-7-12-9-14-16(10-15(12)25-20)24-19(18(23)17(14)22)11-3-5-13(21)6-4-11/h3-10,18-19,21,23H,1-2H3. The van der Waals surface area contributed by atoms with Gasteiger partial charge in [0.05, 0.1) is 5.56 Å². The van der Waals surface area contributed by atoms with Gasteiger partial charge in [-0.25, -0.2) is 0 Å². The fraction of sp³-hybridized carbons (Fsp3) is 0.250. The molecule has 2 aromatic rings. The number of hydrogen-bond donors (Lipinski definition) is 2. The molecule has 0 bridgehead atoms. The first-order valence-corrected chi connectivity index (χ1v) is 8.08. The maximum atomic E-state index is 12.6. The van der Waals surface area contributed by atoms with Gasteiger partial charge in [0, 0.05) is 11.6 Å². The molecule has 4 rings (SSSR count). The van der Waals surface area contributed by atoms with Crippen LogP contribution in [0.4, 0.5) is 0 Å².